The second kappa shape index (κ2) is 4.93. The van der Waals surface area contributed by atoms with Crippen LogP contribution in [0.15, 0.2) is 28.7 Å². The van der Waals surface area contributed by atoms with Gasteiger partial charge in [-0.3, -0.25) is 4.90 Å². The Morgan fingerprint density at radius 3 is 2.83 bits per heavy atom. The van der Waals surface area contributed by atoms with Crippen LogP contribution in [0.1, 0.15) is 24.8 Å². The summed E-state index contributed by atoms with van der Waals surface area (Å²) in [6, 6.07) is 8.23. The average molecular weight is 312 g/mol. The van der Waals surface area contributed by atoms with Crippen molar-refractivity contribution in [1.82, 2.24) is 4.90 Å². The Balaban J connectivity index is 1.80. The molecule has 0 radical (unpaired) electrons. The van der Waals surface area contributed by atoms with Crippen molar-refractivity contribution in [3.63, 3.8) is 0 Å². The highest BCUT2D eigenvalue weighted by Crippen LogP contribution is 2.33. The van der Waals surface area contributed by atoms with Gasteiger partial charge in [0.2, 0.25) is 5.79 Å². The lowest BCUT2D eigenvalue weighted by Gasteiger charge is -2.46. The molecule has 0 spiro atoms. The van der Waals surface area contributed by atoms with Gasteiger partial charge in [-0.1, -0.05) is 34.5 Å². The van der Waals surface area contributed by atoms with Gasteiger partial charge in [0, 0.05) is 16.1 Å². The third-order valence-electron chi connectivity index (χ3n) is 3.98. The molecule has 3 rings (SSSR count). The second-order valence-corrected chi connectivity index (χ2v) is 6.14. The normalized spacial score (nSPS) is 33.1. The molecule has 2 saturated heterocycles. The lowest BCUT2D eigenvalue weighted by Crippen LogP contribution is -2.56. The maximum absolute atomic E-state index is 10.7. The summed E-state index contributed by atoms with van der Waals surface area (Å²) in [5.41, 5.74) is 0.842. The van der Waals surface area contributed by atoms with Crippen molar-refractivity contribution in [2.45, 2.75) is 31.1 Å². The van der Waals surface area contributed by atoms with Crippen LogP contribution in [0, 0.1) is 0 Å². The molecule has 0 bridgehead atoms. The van der Waals surface area contributed by atoms with E-state index in [0.717, 1.165) is 16.6 Å². The van der Waals surface area contributed by atoms with Crippen LogP contribution in [-0.2, 0) is 10.5 Å². The van der Waals surface area contributed by atoms with Gasteiger partial charge in [0.25, 0.3) is 0 Å². The van der Waals surface area contributed by atoms with Gasteiger partial charge in [0.1, 0.15) is 0 Å². The molecule has 3 nitrogen and oxygen atoms in total. The molecule has 2 atom stereocenters. The summed E-state index contributed by atoms with van der Waals surface area (Å²) < 4.78 is 6.77. The fourth-order valence-electron chi connectivity index (χ4n) is 2.90. The van der Waals surface area contributed by atoms with Crippen LogP contribution < -0.4 is 0 Å². The van der Waals surface area contributed by atoms with Crippen molar-refractivity contribution in [3.8, 4) is 0 Å². The number of hydrogen-bond donors (Lipinski definition) is 1. The van der Waals surface area contributed by atoms with Gasteiger partial charge in [0.05, 0.1) is 13.2 Å². The molecule has 0 amide bonds. The summed E-state index contributed by atoms with van der Waals surface area (Å²) in [5.74, 6) is -1.14. The number of benzene rings is 1. The quantitative estimate of drug-likeness (QED) is 0.865. The number of fused-ring (bicyclic) bond motifs is 1. The third-order valence-corrected chi connectivity index (χ3v) is 4.50. The summed E-state index contributed by atoms with van der Waals surface area (Å²) in [6.07, 6.45) is 3.70. The van der Waals surface area contributed by atoms with E-state index < -0.39 is 5.79 Å². The zero-order valence-corrected chi connectivity index (χ0v) is 11.9. The van der Waals surface area contributed by atoms with Crippen molar-refractivity contribution in [2.24, 2.45) is 0 Å². The van der Waals surface area contributed by atoms with Crippen molar-refractivity contribution in [3.05, 3.63) is 34.3 Å². The van der Waals surface area contributed by atoms with Crippen molar-refractivity contribution >= 4 is 15.9 Å². The number of nitrogens with zero attached hydrogens (tertiary/aromatic N) is 1. The minimum Gasteiger partial charge on any atom is -0.361 e. The van der Waals surface area contributed by atoms with Gasteiger partial charge in [-0.05, 0) is 31.5 Å². The van der Waals surface area contributed by atoms with Crippen LogP contribution in [0.3, 0.4) is 0 Å². The SMILES string of the molecule is OC1(c2ccc(Br)cc2)CN2CCCCC2CO1. The number of hydrogen-bond acceptors (Lipinski definition) is 3. The first-order chi connectivity index (χ1) is 8.67. The van der Waals surface area contributed by atoms with Crippen LogP contribution in [0.2, 0.25) is 0 Å². The molecule has 1 N–H and O–H groups in total. The van der Waals surface area contributed by atoms with E-state index in [2.05, 4.69) is 20.8 Å². The van der Waals surface area contributed by atoms with Crippen LogP contribution in [0.25, 0.3) is 0 Å². The summed E-state index contributed by atoms with van der Waals surface area (Å²) in [5, 5.41) is 10.7. The Hall–Kier alpha value is -0.420. The van der Waals surface area contributed by atoms with Crippen LogP contribution in [0.4, 0.5) is 0 Å². The zero-order valence-electron chi connectivity index (χ0n) is 10.3. The first-order valence-corrected chi connectivity index (χ1v) is 7.33. The van der Waals surface area contributed by atoms with E-state index in [0.29, 0.717) is 19.2 Å². The fourth-order valence-corrected chi connectivity index (χ4v) is 3.16. The average Bonchev–Trinajstić information content (AvgIpc) is 2.39. The molecule has 2 heterocycles. The van der Waals surface area contributed by atoms with E-state index in [4.69, 9.17) is 4.74 Å². The Kier molecular flexibility index (Phi) is 3.45. The van der Waals surface area contributed by atoms with Crippen molar-refractivity contribution < 1.29 is 9.84 Å². The first-order valence-electron chi connectivity index (χ1n) is 6.54. The van der Waals surface area contributed by atoms with Crippen molar-refractivity contribution in [2.75, 3.05) is 19.7 Å². The zero-order chi connectivity index (χ0) is 12.6. The molecule has 0 saturated carbocycles. The van der Waals surface area contributed by atoms with Crippen molar-refractivity contribution in [1.29, 1.82) is 0 Å². The lowest BCUT2D eigenvalue weighted by atomic mass is 9.96. The summed E-state index contributed by atoms with van der Waals surface area (Å²) >= 11 is 3.41. The molecule has 4 heteroatoms. The molecular weight excluding hydrogens is 294 g/mol. The number of piperidine rings is 1. The van der Waals surface area contributed by atoms with Crippen LogP contribution in [-0.4, -0.2) is 35.7 Å². The molecule has 0 aromatic heterocycles. The summed E-state index contributed by atoms with van der Waals surface area (Å²) in [7, 11) is 0. The van der Waals surface area contributed by atoms with E-state index in [-0.39, 0.29) is 0 Å². The Bertz CT molecular complexity index is 422. The van der Waals surface area contributed by atoms with Gasteiger partial charge in [-0.25, -0.2) is 0 Å². The first kappa shape index (κ1) is 12.6. The second-order valence-electron chi connectivity index (χ2n) is 5.22. The molecule has 2 aliphatic heterocycles. The molecule has 1 aromatic rings. The molecule has 2 fully saturated rings. The van der Waals surface area contributed by atoms with Gasteiger partial charge in [-0.15, -0.1) is 0 Å². The van der Waals surface area contributed by atoms with Crippen LogP contribution >= 0.6 is 15.9 Å². The van der Waals surface area contributed by atoms with Gasteiger partial charge in [-0.2, -0.15) is 0 Å². The summed E-state index contributed by atoms with van der Waals surface area (Å²) in [6.45, 7) is 2.29. The van der Waals surface area contributed by atoms with E-state index in [9.17, 15) is 5.11 Å². The molecule has 0 aliphatic carbocycles. The smallest absolute Gasteiger partial charge is 0.205 e. The number of ether oxygens (including phenoxy) is 1. The standard InChI is InChI=1S/C14H18BrNO2/c15-12-6-4-11(5-7-12)14(17)10-16-8-2-1-3-13(16)9-18-14/h4-7,13,17H,1-3,8-10H2. The predicted octanol–water partition coefficient (Wildman–Crippen LogP) is 2.48. The Morgan fingerprint density at radius 2 is 2.06 bits per heavy atom. The highest BCUT2D eigenvalue weighted by Gasteiger charge is 2.41. The predicted molar refractivity (Wildman–Crippen MR) is 73.2 cm³/mol. The molecule has 1 aromatic carbocycles. The van der Waals surface area contributed by atoms with Crippen LogP contribution in [0.5, 0.6) is 0 Å². The van der Waals surface area contributed by atoms with Gasteiger partial charge >= 0.3 is 0 Å². The van der Waals surface area contributed by atoms with Gasteiger partial charge < -0.3 is 9.84 Å². The molecule has 18 heavy (non-hydrogen) atoms. The summed E-state index contributed by atoms with van der Waals surface area (Å²) in [4.78, 5) is 2.37. The number of halogens is 1. The maximum atomic E-state index is 10.7. The minimum absolute atomic E-state index is 0.495. The Labute approximate surface area is 116 Å². The number of rotatable bonds is 1. The minimum atomic E-state index is -1.14. The Morgan fingerprint density at radius 1 is 1.28 bits per heavy atom. The van der Waals surface area contributed by atoms with E-state index in [1.807, 2.05) is 24.3 Å². The third kappa shape index (κ3) is 2.35. The number of aliphatic hydroxyl groups is 1. The largest absolute Gasteiger partial charge is 0.361 e. The molecule has 2 aliphatic rings. The van der Waals surface area contributed by atoms with Gasteiger partial charge in [0.15, 0.2) is 0 Å². The maximum Gasteiger partial charge on any atom is 0.205 e. The highest BCUT2D eigenvalue weighted by molar-refractivity contribution is 9.10. The highest BCUT2D eigenvalue weighted by atomic mass is 79.9. The van der Waals surface area contributed by atoms with E-state index in [1.54, 1.807) is 0 Å². The monoisotopic (exact) mass is 311 g/mol. The van der Waals surface area contributed by atoms with E-state index >= 15 is 0 Å². The lowest BCUT2D eigenvalue weighted by molar-refractivity contribution is -0.264. The molecule has 98 valence electrons. The van der Waals surface area contributed by atoms with E-state index in [1.165, 1.54) is 19.3 Å². The number of morpholine rings is 1. The molecular formula is C14H18BrNO2. The molecule has 2 unspecified atom stereocenters. The topological polar surface area (TPSA) is 32.7 Å². The fraction of sp³-hybridized carbons (Fsp3) is 0.571.